The lowest BCUT2D eigenvalue weighted by atomic mass is 9.91. The van der Waals surface area contributed by atoms with Gasteiger partial charge >= 0.3 is 0 Å². The maximum absolute atomic E-state index is 13.3. The van der Waals surface area contributed by atoms with Crippen molar-refractivity contribution in [3.05, 3.63) is 34.1 Å². The number of hydrogen-bond donors (Lipinski definition) is 0. The van der Waals surface area contributed by atoms with Gasteiger partial charge in [0.15, 0.2) is 5.78 Å². The SMILES string of the molecule is O=C(c1cccc(F)c1Br)C1CCOCC1. The van der Waals surface area contributed by atoms with Crippen molar-refractivity contribution in [3.63, 3.8) is 0 Å². The van der Waals surface area contributed by atoms with Gasteiger partial charge in [0.25, 0.3) is 0 Å². The van der Waals surface area contributed by atoms with E-state index in [9.17, 15) is 9.18 Å². The summed E-state index contributed by atoms with van der Waals surface area (Å²) in [5, 5.41) is 0. The molecule has 0 unspecified atom stereocenters. The Morgan fingerprint density at radius 2 is 2.06 bits per heavy atom. The number of carbonyl (C=O) groups excluding carboxylic acids is 1. The van der Waals surface area contributed by atoms with Crippen LogP contribution in [0.15, 0.2) is 22.7 Å². The Bertz CT molecular complexity index is 400. The van der Waals surface area contributed by atoms with Gasteiger partial charge < -0.3 is 4.74 Å². The molecule has 0 aromatic heterocycles. The zero-order chi connectivity index (χ0) is 11.5. The Kier molecular flexibility index (Phi) is 3.71. The molecule has 0 aliphatic carbocycles. The minimum atomic E-state index is -0.391. The Morgan fingerprint density at radius 3 is 2.75 bits per heavy atom. The number of rotatable bonds is 2. The van der Waals surface area contributed by atoms with Crippen LogP contribution in [0.25, 0.3) is 0 Å². The molecular formula is C12H12BrFO2. The molecule has 1 heterocycles. The van der Waals surface area contributed by atoms with E-state index in [0.29, 0.717) is 18.8 Å². The summed E-state index contributed by atoms with van der Waals surface area (Å²) in [5.74, 6) is -0.417. The molecule has 1 aromatic carbocycles. The molecule has 0 bridgehead atoms. The van der Waals surface area contributed by atoms with E-state index in [1.54, 1.807) is 12.1 Å². The number of ketones is 1. The van der Waals surface area contributed by atoms with Crippen LogP contribution in [0.2, 0.25) is 0 Å². The molecule has 86 valence electrons. The Morgan fingerprint density at radius 1 is 1.38 bits per heavy atom. The molecule has 0 amide bonds. The maximum atomic E-state index is 13.3. The van der Waals surface area contributed by atoms with E-state index in [1.165, 1.54) is 6.07 Å². The number of halogens is 2. The van der Waals surface area contributed by atoms with Gasteiger partial charge in [-0.05, 0) is 34.8 Å². The van der Waals surface area contributed by atoms with Crippen molar-refractivity contribution < 1.29 is 13.9 Å². The smallest absolute Gasteiger partial charge is 0.167 e. The fourth-order valence-electron chi connectivity index (χ4n) is 1.87. The number of carbonyl (C=O) groups is 1. The highest BCUT2D eigenvalue weighted by molar-refractivity contribution is 9.10. The molecule has 1 aliphatic rings. The summed E-state index contributed by atoms with van der Waals surface area (Å²) < 4.78 is 18.8. The van der Waals surface area contributed by atoms with E-state index in [4.69, 9.17) is 4.74 Å². The minimum Gasteiger partial charge on any atom is -0.381 e. The molecule has 0 N–H and O–H groups in total. The van der Waals surface area contributed by atoms with Gasteiger partial charge in [0.2, 0.25) is 0 Å². The molecule has 0 radical (unpaired) electrons. The number of hydrogen-bond acceptors (Lipinski definition) is 2. The van der Waals surface area contributed by atoms with Crippen molar-refractivity contribution >= 4 is 21.7 Å². The number of benzene rings is 1. The quantitative estimate of drug-likeness (QED) is 0.781. The van der Waals surface area contributed by atoms with Crippen LogP contribution >= 0.6 is 15.9 Å². The average molecular weight is 287 g/mol. The van der Waals surface area contributed by atoms with E-state index < -0.39 is 5.82 Å². The van der Waals surface area contributed by atoms with Crippen LogP contribution in [0, 0.1) is 11.7 Å². The molecule has 16 heavy (non-hydrogen) atoms. The van der Waals surface area contributed by atoms with Gasteiger partial charge in [0.05, 0.1) is 4.47 Å². The normalized spacial score (nSPS) is 17.4. The predicted molar refractivity (Wildman–Crippen MR) is 62.0 cm³/mol. The van der Waals surface area contributed by atoms with Gasteiger partial charge in [-0.25, -0.2) is 4.39 Å². The van der Waals surface area contributed by atoms with Crippen LogP contribution < -0.4 is 0 Å². The molecular weight excluding hydrogens is 275 g/mol. The van der Waals surface area contributed by atoms with Crippen molar-refractivity contribution in [1.82, 2.24) is 0 Å². The molecule has 1 aliphatic heterocycles. The summed E-state index contributed by atoms with van der Waals surface area (Å²) >= 11 is 3.12. The fourth-order valence-corrected chi connectivity index (χ4v) is 2.33. The molecule has 1 saturated heterocycles. The Labute approximate surface area is 102 Å². The summed E-state index contributed by atoms with van der Waals surface area (Å²) in [6.45, 7) is 1.23. The van der Waals surface area contributed by atoms with Crippen molar-refractivity contribution in [1.29, 1.82) is 0 Å². The minimum absolute atomic E-state index is 0.00896. The van der Waals surface area contributed by atoms with Crippen LogP contribution in [0.1, 0.15) is 23.2 Å². The van der Waals surface area contributed by atoms with Gasteiger partial charge in [0.1, 0.15) is 5.82 Å². The predicted octanol–water partition coefficient (Wildman–Crippen LogP) is 3.20. The van der Waals surface area contributed by atoms with Crippen molar-refractivity contribution in [2.75, 3.05) is 13.2 Å². The first-order chi connectivity index (χ1) is 7.70. The van der Waals surface area contributed by atoms with E-state index in [2.05, 4.69) is 15.9 Å². The molecule has 2 nitrogen and oxygen atoms in total. The number of ether oxygens (including phenoxy) is 1. The van der Waals surface area contributed by atoms with E-state index in [0.717, 1.165) is 12.8 Å². The standard InChI is InChI=1S/C12H12BrFO2/c13-11-9(2-1-3-10(11)14)12(15)8-4-6-16-7-5-8/h1-3,8H,4-7H2. The zero-order valence-corrected chi connectivity index (χ0v) is 10.3. The van der Waals surface area contributed by atoms with Gasteiger partial charge in [-0.1, -0.05) is 12.1 Å². The Hall–Kier alpha value is -0.740. The Balaban J connectivity index is 2.22. The third kappa shape index (κ3) is 2.33. The molecule has 0 atom stereocenters. The highest BCUT2D eigenvalue weighted by Gasteiger charge is 2.24. The molecule has 1 fully saturated rings. The van der Waals surface area contributed by atoms with E-state index in [1.807, 2.05) is 0 Å². The van der Waals surface area contributed by atoms with Crippen LogP contribution in [0.3, 0.4) is 0 Å². The monoisotopic (exact) mass is 286 g/mol. The lowest BCUT2D eigenvalue weighted by Crippen LogP contribution is -2.23. The van der Waals surface area contributed by atoms with Crippen LogP contribution in [-0.4, -0.2) is 19.0 Å². The second-order valence-corrected chi connectivity index (χ2v) is 4.65. The van der Waals surface area contributed by atoms with Crippen LogP contribution in [0.5, 0.6) is 0 Å². The lowest BCUT2D eigenvalue weighted by molar-refractivity contribution is 0.0544. The van der Waals surface area contributed by atoms with Crippen molar-refractivity contribution in [3.8, 4) is 0 Å². The van der Waals surface area contributed by atoms with Gasteiger partial charge in [-0.2, -0.15) is 0 Å². The molecule has 4 heteroatoms. The summed E-state index contributed by atoms with van der Waals surface area (Å²) in [4.78, 5) is 12.1. The lowest BCUT2D eigenvalue weighted by Gasteiger charge is -2.21. The topological polar surface area (TPSA) is 26.3 Å². The van der Waals surface area contributed by atoms with Gasteiger partial charge in [0, 0.05) is 24.7 Å². The maximum Gasteiger partial charge on any atom is 0.167 e. The molecule has 0 saturated carbocycles. The summed E-state index contributed by atoms with van der Waals surface area (Å²) in [6.07, 6.45) is 1.45. The largest absolute Gasteiger partial charge is 0.381 e. The average Bonchev–Trinajstić information content (AvgIpc) is 2.33. The summed E-state index contributed by atoms with van der Waals surface area (Å²) in [6, 6.07) is 4.56. The summed E-state index contributed by atoms with van der Waals surface area (Å²) in [7, 11) is 0. The fraction of sp³-hybridized carbons (Fsp3) is 0.417. The zero-order valence-electron chi connectivity index (χ0n) is 8.71. The molecule has 1 aromatic rings. The molecule has 2 rings (SSSR count). The van der Waals surface area contributed by atoms with Gasteiger partial charge in [-0.3, -0.25) is 4.79 Å². The van der Waals surface area contributed by atoms with Crippen molar-refractivity contribution in [2.45, 2.75) is 12.8 Å². The number of Topliss-reactive ketones (excluding diaryl/α,β-unsaturated/α-hetero) is 1. The third-order valence-electron chi connectivity index (χ3n) is 2.81. The second-order valence-electron chi connectivity index (χ2n) is 3.85. The van der Waals surface area contributed by atoms with Crippen LogP contribution in [-0.2, 0) is 4.74 Å². The first-order valence-corrected chi connectivity index (χ1v) is 6.05. The highest BCUT2D eigenvalue weighted by Crippen LogP contribution is 2.26. The van der Waals surface area contributed by atoms with E-state index in [-0.39, 0.29) is 16.2 Å². The van der Waals surface area contributed by atoms with Crippen molar-refractivity contribution in [2.24, 2.45) is 5.92 Å². The summed E-state index contributed by atoms with van der Waals surface area (Å²) in [5.41, 5.74) is 0.437. The third-order valence-corrected chi connectivity index (χ3v) is 3.62. The highest BCUT2D eigenvalue weighted by atomic mass is 79.9. The van der Waals surface area contributed by atoms with Crippen LogP contribution in [0.4, 0.5) is 4.39 Å². The first-order valence-electron chi connectivity index (χ1n) is 5.26. The van der Waals surface area contributed by atoms with Gasteiger partial charge in [-0.15, -0.1) is 0 Å². The molecule has 0 spiro atoms. The van der Waals surface area contributed by atoms with E-state index >= 15 is 0 Å². The first kappa shape index (κ1) is 11.7. The second kappa shape index (κ2) is 5.06.